The quantitative estimate of drug-likeness (QED) is 0.706. The highest BCUT2D eigenvalue weighted by atomic mass is 16.4. The molecule has 0 bridgehead atoms. The number of hydrogen-bond acceptors (Lipinski definition) is 3. The summed E-state index contributed by atoms with van der Waals surface area (Å²) in [4.78, 5) is 10.8. The molecule has 0 amide bonds. The van der Waals surface area contributed by atoms with Crippen molar-refractivity contribution in [3.05, 3.63) is 29.3 Å². The van der Waals surface area contributed by atoms with Crippen LogP contribution in [0.15, 0.2) is 18.2 Å². The molecule has 1 aromatic carbocycles. The molecular formula is C12H15NO3. The highest BCUT2D eigenvalue weighted by molar-refractivity contribution is 5.70. The van der Waals surface area contributed by atoms with Gasteiger partial charge in [-0.1, -0.05) is 6.07 Å². The van der Waals surface area contributed by atoms with E-state index in [2.05, 4.69) is 5.32 Å². The number of carboxylic acid groups (broad SMARTS) is 1. The number of nitrogens with one attached hydrogen (secondary N) is 1. The van der Waals surface area contributed by atoms with Gasteiger partial charge in [0.25, 0.3) is 0 Å². The van der Waals surface area contributed by atoms with Crippen LogP contribution < -0.4 is 5.32 Å². The fourth-order valence-corrected chi connectivity index (χ4v) is 2.17. The molecule has 1 aliphatic heterocycles. The molecule has 0 aliphatic carbocycles. The van der Waals surface area contributed by atoms with Crippen LogP contribution in [0.5, 0.6) is 5.75 Å². The van der Waals surface area contributed by atoms with Gasteiger partial charge in [-0.15, -0.1) is 0 Å². The van der Waals surface area contributed by atoms with E-state index in [1.165, 1.54) is 0 Å². The summed E-state index contributed by atoms with van der Waals surface area (Å²) in [5.74, 6) is -0.852. The first kappa shape index (κ1) is 11.0. The fraction of sp³-hybridized carbons (Fsp3) is 0.417. The predicted octanol–water partition coefficient (Wildman–Crippen LogP) is 1.44. The fourth-order valence-electron chi connectivity index (χ4n) is 2.17. The number of carboxylic acids is 1. The zero-order valence-electron chi connectivity index (χ0n) is 9.10. The summed E-state index contributed by atoms with van der Waals surface area (Å²) in [6.45, 7) is 2.40. The number of carbonyl (C=O) groups is 1. The number of benzene rings is 1. The molecule has 1 fully saturated rings. The smallest absolute Gasteiger partial charge is 0.307 e. The Morgan fingerprint density at radius 1 is 1.44 bits per heavy atom. The summed E-state index contributed by atoms with van der Waals surface area (Å²) >= 11 is 0. The van der Waals surface area contributed by atoms with E-state index in [1.807, 2.05) is 13.0 Å². The van der Waals surface area contributed by atoms with Crippen molar-refractivity contribution in [1.29, 1.82) is 0 Å². The van der Waals surface area contributed by atoms with Gasteiger partial charge in [-0.2, -0.15) is 0 Å². The van der Waals surface area contributed by atoms with Gasteiger partial charge in [-0.3, -0.25) is 4.79 Å². The average molecular weight is 221 g/mol. The van der Waals surface area contributed by atoms with Gasteiger partial charge in [0.15, 0.2) is 0 Å². The summed E-state index contributed by atoms with van der Waals surface area (Å²) in [7, 11) is 0. The molecule has 1 saturated heterocycles. The summed E-state index contributed by atoms with van der Waals surface area (Å²) in [6, 6.07) is 5.39. The maximum absolute atomic E-state index is 10.8. The minimum atomic E-state index is -0.758. The highest BCUT2D eigenvalue weighted by Gasteiger charge is 2.30. The van der Waals surface area contributed by atoms with Crippen molar-refractivity contribution in [2.75, 3.05) is 6.54 Å². The minimum absolute atomic E-state index is 0.0342. The summed E-state index contributed by atoms with van der Waals surface area (Å²) < 4.78 is 0. The zero-order chi connectivity index (χ0) is 11.7. The number of hydrogen-bond donors (Lipinski definition) is 3. The Kier molecular flexibility index (Phi) is 2.83. The first-order chi connectivity index (χ1) is 7.56. The van der Waals surface area contributed by atoms with E-state index in [0.29, 0.717) is 13.0 Å². The maximum atomic E-state index is 10.8. The molecule has 3 N–H and O–H groups in total. The molecule has 0 spiro atoms. The number of aryl methyl sites for hydroxylation is 1. The third kappa shape index (κ3) is 2.17. The minimum Gasteiger partial charge on any atom is -0.508 e. The molecule has 2 atom stereocenters. The second-order valence-corrected chi connectivity index (χ2v) is 4.33. The molecular weight excluding hydrogens is 206 g/mol. The van der Waals surface area contributed by atoms with Crippen molar-refractivity contribution in [1.82, 2.24) is 5.32 Å². The van der Waals surface area contributed by atoms with Crippen LogP contribution in [-0.2, 0) is 4.79 Å². The van der Waals surface area contributed by atoms with Gasteiger partial charge in [-0.25, -0.2) is 0 Å². The van der Waals surface area contributed by atoms with Crippen molar-refractivity contribution >= 4 is 5.97 Å². The lowest BCUT2D eigenvalue weighted by Gasteiger charge is -2.11. The molecule has 16 heavy (non-hydrogen) atoms. The zero-order valence-corrected chi connectivity index (χ0v) is 9.10. The van der Waals surface area contributed by atoms with Gasteiger partial charge in [0.05, 0.1) is 5.92 Å². The van der Waals surface area contributed by atoms with Crippen molar-refractivity contribution in [2.24, 2.45) is 5.92 Å². The normalized spacial score (nSPS) is 24.6. The van der Waals surface area contributed by atoms with E-state index in [1.54, 1.807) is 12.1 Å². The first-order valence-corrected chi connectivity index (χ1v) is 5.33. The van der Waals surface area contributed by atoms with Crippen LogP contribution in [-0.4, -0.2) is 22.7 Å². The second kappa shape index (κ2) is 4.14. The molecule has 0 saturated carbocycles. The van der Waals surface area contributed by atoms with Crippen LogP contribution in [0.2, 0.25) is 0 Å². The lowest BCUT2D eigenvalue weighted by Crippen LogP contribution is -2.17. The number of phenolic OH excluding ortho intramolecular Hbond substituents is 1. The third-order valence-corrected chi connectivity index (χ3v) is 2.97. The molecule has 4 heteroatoms. The average Bonchev–Trinajstić information content (AvgIpc) is 2.64. The molecule has 2 rings (SSSR count). The Morgan fingerprint density at radius 2 is 2.19 bits per heavy atom. The Morgan fingerprint density at radius 3 is 2.75 bits per heavy atom. The molecule has 4 nitrogen and oxygen atoms in total. The lowest BCUT2D eigenvalue weighted by molar-refractivity contribution is -0.141. The lowest BCUT2D eigenvalue weighted by atomic mass is 9.98. The van der Waals surface area contributed by atoms with Gasteiger partial charge < -0.3 is 15.5 Å². The second-order valence-electron chi connectivity index (χ2n) is 4.33. The summed E-state index contributed by atoms with van der Waals surface area (Å²) in [5, 5.41) is 21.5. The van der Waals surface area contributed by atoms with E-state index in [-0.39, 0.29) is 17.7 Å². The number of aromatic hydroxyl groups is 1. The van der Waals surface area contributed by atoms with Crippen molar-refractivity contribution < 1.29 is 15.0 Å². The van der Waals surface area contributed by atoms with Crippen molar-refractivity contribution in [3.63, 3.8) is 0 Å². The monoisotopic (exact) mass is 221 g/mol. The van der Waals surface area contributed by atoms with E-state index in [4.69, 9.17) is 5.11 Å². The van der Waals surface area contributed by atoms with Crippen LogP contribution >= 0.6 is 0 Å². The molecule has 1 aliphatic rings. The standard InChI is InChI=1S/C12H15NO3/c1-7-2-8(4-10(14)3-7)11-5-9(6-13-11)12(15)16/h2-4,9,11,13-14H,5-6H2,1H3,(H,15,16). The topological polar surface area (TPSA) is 69.6 Å². The molecule has 86 valence electrons. The molecule has 0 radical (unpaired) electrons. The maximum Gasteiger partial charge on any atom is 0.307 e. The number of phenols is 1. The van der Waals surface area contributed by atoms with Crippen LogP contribution in [0.25, 0.3) is 0 Å². The summed E-state index contributed by atoms with van der Waals surface area (Å²) in [5.41, 5.74) is 1.94. The van der Waals surface area contributed by atoms with Gasteiger partial charge in [0.1, 0.15) is 5.75 Å². The van der Waals surface area contributed by atoms with E-state index in [9.17, 15) is 9.90 Å². The third-order valence-electron chi connectivity index (χ3n) is 2.97. The molecule has 1 heterocycles. The Balaban J connectivity index is 2.17. The Labute approximate surface area is 93.9 Å². The van der Waals surface area contributed by atoms with Crippen molar-refractivity contribution in [2.45, 2.75) is 19.4 Å². The molecule has 0 aromatic heterocycles. The van der Waals surface area contributed by atoms with Crippen LogP contribution in [0.3, 0.4) is 0 Å². The largest absolute Gasteiger partial charge is 0.508 e. The number of rotatable bonds is 2. The van der Waals surface area contributed by atoms with Crippen LogP contribution in [0.4, 0.5) is 0 Å². The Bertz CT molecular complexity index is 396. The Hall–Kier alpha value is -1.55. The molecule has 2 unspecified atom stereocenters. The van der Waals surface area contributed by atoms with Gasteiger partial charge in [0, 0.05) is 12.6 Å². The van der Waals surface area contributed by atoms with E-state index in [0.717, 1.165) is 11.1 Å². The molecule has 1 aromatic rings. The van der Waals surface area contributed by atoms with Crippen LogP contribution in [0.1, 0.15) is 23.6 Å². The van der Waals surface area contributed by atoms with E-state index < -0.39 is 5.97 Å². The predicted molar refractivity (Wildman–Crippen MR) is 59.3 cm³/mol. The van der Waals surface area contributed by atoms with Crippen molar-refractivity contribution in [3.8, 4) is 5.75 Å². The number of aliphatic carboxylic acids is 1. The van der Waals surface area contributed by atoms with Crippen LogP contribution in [0, 0.1) is 12.8 Å². The SMILES string of the molecule is Cc1cc(O)cc(C2CC(C(=O)O)CN2)c1. The summed E-state index contributed by atoms with van der Waals surface area (Å²) in [6.07, 6.45) is 0.582. The van der Waals surface area contributed by atoms with Gasteiger partial charge >= 0.3 is 5.97 Å². The highest BCUT2D eigenvalue weighted by Crippen LogP contribution is 2.29. The van der Waals surface area contributed by atoms with Gasteiger partial charge in [-0.05, 0) is 36.6 Å². The van der Waals surface area contributed by atoms with Gasteiger partial charge in [0.2, 0.25) is 0 Å². The first-order valence-electron chi connectivity index (χ1n) is 5.33. The van der Waals surface area contributed by atoms with E-state index >= 15 is 0 Å².